The number of imidazole rings is 1. The number of pyridine rings is 1. The minimum Gasteiger partial charge on any atom is -0.338 e. The molecule has 0 aliphatic rings. The lowest BCUT2D eigenvalue weighted by molar-refractivity contribution is -0.137. The van der Waals surface area contributed by atoms with Crippen LogP contribution in [0.5, 0.6) is 0 Å². The molecular formula is C13H6F3N3S. The van der Waals surface area contributed by atoms with E-state index in [4.69, 9.17) is 17.5 Å². The third-order valence-electron chi connectivity index (χ3n) is 3.03. The highest BCUT2D eigenvalue weighted by atomic mass is 32.1. The lowest BCUT2D eigenvalue weighted by Crippen LogP contribution is -2.10. The number of H-pyrrole nitrogens is 1. The third-order valence-corrected chi connectivity index (χ3v) is 3.33. The zero-order valence-corrected chi connectivity index (χ0v) is 10.6. The Kier molecular flexibility index (Phi) is 2.59. The molecule has 2 aromatic heterocycles. The molecule has 0 saturated heterocycles. The quantitative estimate of drug-likeness (QED) is 0.636. The first-order valence-electron chi connectivity index (χ1n) is 5.57. The Bertz CT molecular complexity index is 928. The summed E-state index contributed by atoms with van der Waals surface area (Å²) in [7, 11) is 0. The first kappa shape index (κ1) is 12.7. The summed E-state index contributed by atoms with van der Waals surface area (Å²) < 4.78 is 40.4. The first-order chi connectivity index (χ1) is 9.43. The van der Waals surface area contributed by atoms with Crippen molar-refractivity contribution in [1.29, 1.82) is 5.26 Å². The van der Waals surface area contributed by atoms with E-state index in [1.54, 1.807) is 30.3 Å². The molecule has 0 radical (unpaired) electrons. The standard InChI is InChI=1S/C13H6F3N3S/c14-13(15,16)8-5-11(20)19-10-4-2-1-3-9(10)18-12(19)7(8)6-17/h1-5,18H. The zero-order valence-electron chi connectivity index (χ0n) is 9.82. The van der Waals surface area contributed by atoms with Gasteiger partial charge in [-0.1, -0.05) is 24.4 Å². The molecule has 20 heavy (non-hydrogen) atoms. The van der Waals surface area contributed by atoms with Gasteiger partial charge in [0.1, 0.15) is 21.9 Å². The van der Waals surface area contributed by atoms with Gasteiger partial charge >= 0.3 is 6.18 Å². The fourth-order valence-corrected chi connectivity index (χ4v) is 2.51. The van der Waals surface area contributed by atoms with E-state index in [9.17, 15) is 13.2 Å². The number of benzene rings is 1. The lowest BCUT2D eigenvalue weighted by Gasteiger charge is -2.09. The Morgan fingerprint density at radius 3 is 2.60 bits per heavy atom. The third kappa shape index (κ3) is 1.69. The molecule has 7 heteroatoms. The van der Waals surface area contributed by atoms with Crippen LogP contribution in [-0.2, 0) is 6.18 Å². The normalized spacial score (nSPS) is 11.9. The maximum atomic E-state index is 13.0. The summed E-state index contributed by atoms with van der Waals surface area (Å²) in [5, 5.41) is 9.08. The van der Waals surface area contributed by atoms with Gasteiger partial charge in [0.2, 0.25) is 0 Å². The van der Waals surface area contributed by atoms with Crippen LogP contribution in [0, 0.1) is 16.0 Å². The number of alkyl halides is 3. The number of para-hydroxylation sites is 2. The monoisotopic (exact) mass is 293 g/mol. The summed E-state index contributed by atoms with van der Waals surface area (Å²) in [6, 6.07) is 9.37. The zero-order chi connectivity index (χ0) is 14.5. The fourth-order valence-electron chi connectivity index (χ4n) is 2.21. The van der Waals surface area contributed by atoms with E-state index in [1.807, 2.05) is 0 Å². The molecule has 0 unspecified atom stereocenters. The number of nitrogens with one attached hydrogen (secondary N) is 1. The van der Waals surface area contributed by atoms with Crippen molar-refractivity contribution in [1.82, 2.24) is 9.38 Å². The molecule has 0 atom stereocenters. The van der Waals surface area contributed by atoms with Gasteiger partial charge in [-0.05, 0) is 18.2 Å². The lowest BCUT2D eigenvalue weighted by atomic mass is 10.1. The van der Waals surface area contributed by atoms with E-state index >= 15 is 0 Å². The van der Waals surface area contributed by atoms with E-state index in [1.165, 1.54) is 4.40 Å². The number of fused-ring (bicyclic) bond motifs is 3. The number of rotatable bonds is 0. The van der Waals surface area contributed by atoms with Gasteiger partial charge in [-0.25, -0.2) is 0 Å². The Balaban J connectivity index is 2.60. The Morgan fingerprint density at radius 1 is 1.25 bits per heavy atom. The van der Waals surface area contributed by atoms with Crippen LogP contribution in [-0.4, -0.2) is 9.38 Å². The van der Waals surface area contributed by atoms with Crippen molar-refractivity contribution in [2.24, 2.45) is 0 Å². The predicted octanol–water partition coefficient (Wildman–Crippen LogP) is 4.04. The van der Waals surface area contributed by atoms with E-state index in [0.717, 1.165) is 6.07 Å². The number of halogens is 3. The summed E-state index contributed by atoms with van der Waals surface area (Å²) in [6.07, 6.45) is -4.62. The van der Waals surface area contributed by atoms with Gasteiger partial charge in [-0.15, -0.1) is 0 Å². The molecule has 100 valence electrons. The van der Waals surface area contributed by atoms with E-state index in [-0.39, 0.29) is 10.3 Å². The highest BCUT2D eigenvalue weighted by Gasteiger charge is 2.35. The Hall–Kier alpha value is -2.33. The largest absolute Gasteiger partial charge is 0.417 e. The molecule has 2 heterocycles. The Morgan fingerprint density at radius 2 is 1.95 bits per heavy atom. The van der Waals surface area contributed by atoms with Crippen LogP contribution in [0.3, 0.4) is 0 Å². The first-order valence-corrected chi connectivity index (χ1v) is 5.98. The van der Waals surface area contributed by atoms with Gasteiger partial charge in [-0.2, -0.15) is 18.4 Å². The molecule has 0 fully saturated rings. The smallest absolute Gasteiger partial charge is 0.338 e. The number of nitriles is 1. The SMILES string of the molecule is N#Cc1c(C(F)(F)F)cc(=S)n2c1[nH]c1ccccc12. The summed E-state index contributed by atoms with van der Waals surface area (Å²) >= 11 is 5.03. The molecule has 3 rings (SSSR count). The highest BCUT2D eigenvalue weighted by molar-refractivity contribution is 7.71. The van der Waals surface area contributed by atoms with Gasteiger partial charge in [-0.3, -0.25) is 4.40 Å². The average molecular weight is 293 g/mol. The number of aromatic amines is 1. The maximum absolute atomic E-state index is 13.0. The molecule has 0 spiro atoms. The number of hydrogen-bond acceptors (Lipinski definition) is 2. The molecule has 1 N–H and O–H groups in total. The topological polar surface area (TPSA) is 44.0 Å². The van der Waals surface area contributed by atoms with Crippen molar-refractivity contribution in [3.63, 3.8) is 0 Å². The number of aromatic nitrogens is 2. The van der Waals surface area contributed by atoms with Crippen LogP contribution in [0.4, 0.5) is 13.2 Å². The summed E-state index contributed by atoms with van der Waals surface area (Å²) in [4.78, 5) is 2.82. The van der Waals surface area contributed by atoms with Crippen LogP contribution in [0.1, 0.15) is 11.1 Å². The Labute approximate surface area is 115 Å². The van der Waals surface area contributed by atoms with Crippen LogP contribution in [0.15, 0.2) is 30.3 Å². The van der Waals surface area contributed by atoms with Crippen molar-refractivity contribution < 1.29 is 13.2 Å². The minimum atomic E-state index is -4.62. The summed E-state index contributed by atoms with van der Waals surface area (Å²) in [6.45, 7) is 0. The second kappa shape index (κ2) is 4.08. The van der Waals surface area contributed by atoms with Crippen LogP contribution in [0.2, 0.25) is 0 Å². The molecular weight excluding hydrogens is 287 g/mol. The summed E-state index contributed by atoms with van der Waals surface area (Å²) in [5.41, 5.74) is -0.153. The van der Waals surface area contributed by atoms with Crippen LogP contribution >= 0.6 is 12.2 Å². The summed E-state index contributed by atoms with van der Waals surface area (Å²) in [5.74, 6) is 0. The van der Waals surface area contributed by atoms with Crippen molar-refractivity contribution in [3.05, 3.63) is 46.1 Å². The number of nitrogens with zero attached hydrogens (tertiary/aromatic N) is 2. The molecule has 0 aliphatic heterocycles. The molecule has 0 bridgehead atoms. The molecule has 0 aliphatic carbocycles. The van der Waals surface area contributed by atoms with Crippen molar-refractivity contribution >= 4 is 28.9 Å². The van der Waals surface area contributed by atoms with E-state index < -0.39 is 17.3 Å². The number of hydrogen-bond donors (Lipinski definition) is 1. The van der Waals surface area contributed by atoms with Crippen molar-refractivity contribution in [2.75, 3.05) is 0 Å². The predicted molar refractivity (Wildman–Crippen MR) is 69.8 cm³/mol. The average Bonchev–Trinajstić information content (AvgIpc) is 2.77. The highest BCUT2D eigenvalue weighted by Crippen LogP contribution is 2.34. The van der Waals surface area contributed by atoms with E-state index in [0.29, 0.717) is 11.0 Å². The molecule has 1 aromatic carbocycles. The van der Waals surface area contributed by atoms with Crippen molar-refractivity contribution in [2.45, 2.75) is 6.18 Å². The molecule has 0 amide bonds. The van der Waals surface area contributed by atoms with Crippen LogP contribution in [0.25, 0.3) is 16.7 Å². The second-order valence-corrected chi connectivity index (χ2v) is 4.63. The fraction of sp³-hybridized carbons (Fsp3) is 0.0769. The minimum absolute atomic E-state index is 0.00350. The molecule has 3 nitrogen and oxygen atoms in total. The van der Waals surface area contributed by atoms with Gasteiger partial charge in [0.15, 0.2) is 0 Å². The molecule has 0 saturated carbocycles. The van der Waals surface area contributed by atoms with Crippen LogP contribution < -0.4 is 0 Å². The van der Waals surface area contributed by atoms with E-state index in [2.05, 4.69) is 4.98 Å². The maximum Gasteiger partial charge on any atom is 0.417 e. The van der Waals surface area contributed by atoms with Gasteiger partial charge < -0.3 is 4.98 Å². The van der Waals surface area contributed by atoms with Gasteiger partial charge in [0, 0.05) is 0 Å². The second-order valence-electron chi connectivity index (χ2n) is 4.21. The molecule has 3 aromatic rings. The van der Waals surface area contributed by atoms with Gasteiger partial charge in [0.25, 0.3) is 0 Å². The van der Waals surface area contributed by atoms with Crippen molar-refractivity contribution in [3.8, 4) is 6.07 Å². The van der Waals surface area contributed by atoms with Gasteiger partial charge in [0.05, 0.1) is 16.6 Å².